The second-order valence-electron chi connectivity index (χ2n) is 8.12. The number of sulfonamides is 1. The van der Waals surface area contributed by atoms with Crippen molar-refractivity contribution >= 4 is 28.0 Å². The highest BCUT2D eigenvalue weighted by atomic mass is 32.2. The Kier molecular flexibility index (Phi) is 5.76. The molecule has 1 saturated heterocycles. The van der Waals surface area contributed by atoms with Gasteiger partial charge >= 0.3 is 0 Å². The van der Waals surface area contributed by atoms with Crippen LogP contribution in [0.15, 0.2) is 64.6 Å². The van der Waals surface area contributed by atoms with E-state index in [4.69, 9.17) is 0 Å². The second-order valence-corrected chi connectivity index (χ2v) is 10.1. The Balaban J connectivity index is 1.81. The Morgan fingerprint density at radius 3 is 2.53 bits per heavy atom. The summed E-state index contributed by atoms with van der Waals surface area (Å²) in [5.74, 6) is -0.193. The lowest BCUT2D eigenvalue weighted by Gasteiger charge is -2.17. The van der Waals surface area contributed by atoms with E-state index in [9.17, 15) is 13.2 Å². The van der Waals surface area contributed by atoms with Crippen LogP contribution in [-0.2, 0) is 14.8 Å². The lowest BCUT2D eigenvalue weighted by Crippen LogP contribution is -2.29. The number of nitrogens with zero attached hydrogens (tertiary/aromatic N) is 1. The number of allylic oxidation sites excluding steroid dienone is 1. The van der Waals surface area contributed by atoms with Crippen LogP contribution in [0.25, 0.3) is 11.6 Å². The molecule has 0 aromatic heterocycles. The van der Waals surface area contributed by atoms with Gasteiger partial charge in [-0.25, -0.2) is 8.42 Å². The first-order valence-corrected chi connectivity index (χ1v) is 11.9. The largest absolute Gasteiger partial charge is 0.298 e. The van der Waals surface area contributed by atoms with Gasteiger partial charge in [-0.05, 0) is 60.2 Å². The van der Waals surface area contributed by atoms with Crippen molar-refractivity contribution < 1.29 is 13.2 Å². The average molecular weight is 422 g/mol. The fourth-order valence-electron chi connectivity index (χ4n) is 4.45. The summed E-state index contributed by atoms with van der Waals surface area (Å²) in [6.07, 6.45) is 5.81. The molecule has 1 atom stereocenters. The summed E-state index contributed by atoms with van der Waals surface area (Å²) in [4.78, 5) is 12.3. The van der Waals surface area contributed by atoms with E-state index in [-0.39, 0.29) is 5.92 Å². The fourth-order valence-corrected chi connectivity index (χ4v) is 5.88. The third-order valence-electron chi connectivity index (χ3n) is 6.13. The highest BCUT2D eigenvalue weighted by Crippen LogP contribution is 2.42. The standard InChI is InChI=1S/C25H27NO3S/c1-3-4-8-23-22-9-6-5-7-19(22)14-20(17-27)24-15-26(16-25(23)24)30(28,29)21-12-10-18(2)11-13-21/h5-7,9-14,17,24H,3-4,8,15-16H2,1-2H3. The number of rotatable bonds is 6. The Bertz CT molecular complexity index is 1130. The minimum absolute atomic E-state index is 0.193. The molecule has 4 nitrogen and oxygen atoms in total. The van der Waals surface area contributed by atoms with Crippen LogP contribution >= 0.6 is 0 Å². The topological polar surface area (TPSA) is 54.5 Å². The number of fused-ring (bicyclic) bond motifs is 2. The SMILES string of the molecule is CCCCC1=C2CN(S(=O)(=O)c3ccc(C)cc3)CC2C(C=O)=Cc2ccccc21. The minimum Gasteiger partial charge on any atom is -0.298 e. The fraction of sp³-hybridized carbons (Fsp3) is 0.320. The number of hydrogen-bond acceptors (Lipinski definition) is 3. The van der Waals surface area contributed by atoms with Crippen molar-refractivity contribution in [1.82, 2.24) is 4.31 Å². The van der Waals surface area contributed by atoms with Crippen LogP contribution in [-0.4, -0.2) is 32.1 Å². The van der Waals surface area contributed by atoms with E-state index in [1.165, 1.54) is 9.88 Å². The van der Waals surface area contributed by atoms with Gasteiger partial charge in [0.05, 0.1) is 4.90 Å². The van der Waals surface area contributed by atoms with E-state index in [0.717, 1.165) is 47.8 Å². The van der Waals surface area contributed by atoms with Crippen molar-refractivity contribution in [2.45, 2.75) is 38.0 Å². The van der Waals surface area contributed by atoms with E-state index < -0.39 is 10.0 Å². The summed E-state index contributed by atoms with van der Waals surface area (Å²) in [5.41, 5.74) is 6.12. The maximum atomic E-state index is 13.3. The molecule has 30 heavy (non-hydrogen) atoms. The zero-order chi connectivity index (χ0) is 21.3. The highest BCUT2D eigenvalue weighted by Gasteiger charge is 2.40. The number of unbranched alkanes of at least 4 members (excludes halogenated alkanes) is 1. The zero-order valence-corrected chi connectivity index (χ0v) is 18.3. The zero-order valence-electron chi connectivity index (χ0n) is 17.5. The molecule has 5 heteroatoms. The van der Waals surface area contributed by atoms with E-state index >= 15 is 0 Å². The number of aryl methyl sites for hydroxylation is 1. The van der Waals surface area contributed by atoms with Gasteiger partial charge in [-0.3, -0.25) is 4.79 Å². The molecule has 2 aliphatic rings. The summed E-state index contributed by atoms with van der Waals surface area (Å²) in [7, 11) is -3.62. The molecule has 0 saturated carbocycles. The Labute approximate surface area is 179 Å². The van der Waals surface area contributed by atoms with Gasteiger partial charge in [-0.15, -0.1) is 0 Å². The predicted octanol–water partition coefficient (Wildman–Crippen LogP) is 4.86. The van der Waals surface area contributed by atoms with Gasteiger partial charge in [0.15, 0.2) is 0 Å². The van der Waals surface area contributed by atoms with Gasteiger partial charge in [0.2, 0.25) is 10.0 Å². The number of carbonyl (C=O) groups excluding carboxylic acids is 1. The molecule has 0 radical (unpaired) electrons. The summed E-state index contributed by atoms with van der Waals surface area (Å²) >= 11 is 0. The number of benzene rings is 2. The van der Waals surface area contributed by atoms with Gasteiger partial charge < -0.3 is 0 Å². The molecule has 0 N–H and O–H groups in total. The van der Waals surface area contributed by atoms with Gasteiger partial charge in [0.25, 0.3) is 0 Å². The first kappa shape index (κ1) is 20.8. The van der Waals surface area contributed by atoms with Crippen molar-refractivity contribution in [3.63, 3.8) is 0 Å². The minimum atomic E-state index is -3.62. The van der Waals surface area contributed by atoms with Gasteiger partial charge in [-0.2, -0.15) is 4.31 Å². The number of carbonyl (C=O) groups is 1. The van der Waals surface area contributed by atoms with Crippen molar-refractivity contribution in [1.29, 1.82) is 0 Å². The molecule has 4 rings (SSSR count). The molecule has 1 fully saturated rings. The lowest BCUT2D eigenvalue weighted by atomic mass is 9.88. The summed E-state index contributed by atoms with van der Waals surface area (Å²) in [6, 6.07) is 15.1. The van der Waals surface area contributed by atoms with E-state index in [1.54, 1.807) is 12.1 Å². The van der Waals surface area contributed by atoms with Crippen LogP contribution in [0.4, 0.5) is 0 Å². The van der Waals surface area contributed by atoms with Crippen molar-refractivity contribution in [3.8, 4) is 0 Å². The molecule has 1 aliphatic heterocycles. The quantitative estimate of drug-likeness (QED) is 0.626. The van der Waals surface area contributed by atoms with Crippen LogP contribution in [0, 0.1) is 12.8 Å². The molecular weight excluding hydrogens is 394 g/mol. The first-order chi connectivity index (χ1) is 14.5. The molecule has 2 aromatic rings. The predicted molar refractivity (Wildman–Crippen MR) is 120 cm³/mol. The Morgan fingerprint density at radius 1 is 1.10 bits per heavy atom. The average Bonchev–Trinajstić information content (AvgIpc) is 3.14. The smallest absolute Gasteiger partial charge is 0.243 e. The first-order valence-electron chi connectivity index (χ1n) is 10.5. The normalized spacial score (nSPS) is 19.1. The van der Waals surface area contributed by atoms with Crippen molar-refractivity contribution in [3.05, 3.63) is 76.4 Å². The molecule has 2 aromatic carbocycles. The van der Waals surface area contributed by atoms with E-state index in [1.807, 2.05) is 43.3 Å². The van der Waals surface area contributed by atoms with Crippen molar-refractivity contribution in [2.24, 2.45) is 5.92 Å². The van der Waals surface area contributed by atoms with E-state index in [0.29, 0.717) is 23.6 Å². The Hall–Kier alpha value is -2.50. The molecule has 0 spiro atoms. The third kappa shape index (κ3) is 3.68. The summed E-state index contributed by atoms with van der Waals surface area (Å²) in [6.45, 7) is 4.73. The monoisotopic (exact) mass is 421 g/mol. The molecule has 156 valence electrons. The van der Waals surface area contributed by atoms with Gasteiger partial charge in [0, 0.05) is 24.6 Å². The van der Waals surface area contributed by atoms with Gasteiger partial charge in [0.1, 0.15) is 6.29 Å². The molecule has 0 amide bonds. The molecule has 1 heterocycles. The summed E-state index contributed by atoms with van der Waals surface area (Å²) < 4.78 is 28.2. The van der Waals surface area contributed by atoms with Crippen LogP contribution < -0.4 is 0 Å². The molecule has 1 unspecified atom stereocenters. The molecular formula is C25H27NO3S. The van der Waals surface area contributed by atoms with Crippen LogP contribution in [0.3, 0.4) is 0 Å². The maximum Gasteiger partial charge on any atom is 0.243 e. The van der Waals surface area contributed by atoms with Crippen LogP contribution in [0.5, 0.6) is 0 Å². The molecule has 1 aliphatic carbocycles. The van der Waals surface area contributed by atoms with E-state index in [2.05, 4.69) is 13.0 Å². The van der Waals surface area contributed by atoms with Crippen LogP contribution in [0.1, 0.15) is 42.9 Å². The third-order valence-corrected chi connectivity index (χ3v) is 7.95. The highest BCUT2D eigenvalue weighted by molar-refractivity contribution is 7.89. The van der Waals surface area contributed by atoms with Crippen molar-refractivity contribution in [2.75, 3.05) is 13.1 Å². The number of hydrogen-bond donors (Lipinski definition) is 0. The second kappa shape index (κ2) is 8.32. The Morgan fingerprint density at radius 2 is 1.83 bits per heavy atom. The number of aldehydes is 1. The summed E-state index contributed by atoms with van der Waals surface area (Å²) in [5, 5.41) is 0. The molecule has 0 bridgehead atoms. The maximum absolute atomic E-state index is 13.3. The van der Waals surface area contributed by atoms with Crippen LogP contribution in [0.2, 0.25) is 0 Å². The lowest BCUT2D eigenvalue weighted by molar-refractivity contribution is -0.105. The van der Waals surface area contributed by atoms with Gasteiger partial charge in [-0.1, -0.05) is 55.3 Å².